The largest absolute Gasteiger partial charge is 0.441 e. The lowest BCUT2D eigenvalue weighted by molar-refractivity contribution is 0.530. The Morgan fingerprint density at radius 1 is 1.21 bits per heavy atom. The summed E-state index contributed by atoms with van der Waals surface area (Å²) in [5.41, 5.74) is 3.74. The van der Waals surface area contributed by atoms with Crippen LogP contribution in [-0.4, -0.2) is 20.0 Å². The van der Waals surface area contributed by atoms with Crippen molar-refractivity contribution in [2.24, 2.45) is 0 Å². The van der Waals surface area contributed by atoms with Crippen molar-refractivity contribution in [3.63, 3.8) is 0 Å². The predicted molar refractivity (Wildman–Crippen MR) is 72.9 cm³/mol. The molecular weight excluding hydrogens is 240 g/mol. The molecule has 5 nitrogen and oxygen atoms in total. The van der Waals surface area contributed by atoms with Gasteiger partial charge in [-0.15, -0.1) is 5.10 Å². The van der Waals surface area contributed by atoms with E-state index in [2.05, 4.69) is 29.1 Å². The first-order valence-electron chi connectivity index (χ1n) is 6.35. The molecule has 19 heavy (non-hydrogen) atoms. The molecule has 98 valence electrons. The van der Waals surface area contributed by atoms with Gasteiger partial charge in [-0.05, 0) is 45.9 Å². The lowest BCUT2D eigenvalue weighted by atomic mass is 10.2. The number of hydrogen-bond donors (Lipinski definition) is 0. The highest BCUT2D eigenvalue weighted by atomic mass is 16.4. The molecule has 0 spiro atoms. The van der Waals surface area contributed by atoms with Crippen LogP contribution in [0.15, 0.2) is 22.6 Å². The van der Waals surface area contributed by atoms with Gasteiger partial charge < -0.3 is 4.42 Å². The Morgan fingerprint density at radius 3 is 2.63 bits per heavy atom. The Kier molecular flexibility index (Phi) is 2.62. The molecule has 3 rings (SSSR count). The molecule has 0 radical (unpaired) electrons. The van der Waals surface area contributed by atoms with Gasteiger partial charge in [-0.3, -0.25) is 0 Å². The van der Waals surface area contributed by atoms with E-state index in [4.69, 9.17) is 4.42 Å². The lowest BCUT2D eigenvalue weighted by Gasteiger charge is -2.05. The summed E-state index contributed by atoms with van der Waals surface area (Å²) in [6.45, 7) is 8.03. The molecular formula is C14H16N4O. The van der Waals surface area contributed by atoms with Crippen LogP contribution in [0.1, 0.15) is 31.3 Å². The van der Waals surface area contributed by atoms with E-state index in [0.29, 0.717) is 11.9 Å². The Bertz CT molecular complexity index is 720. The van der Waals surface area contributed by atoms with E-state index in [1.165, 1.54) is 0 Å². The summed E-state index contributed by atoms with van der Waals surface area (Å²) >= 11 is 0. The number of aryl methyl sites for hydroxylation is 2. The van der Waals surface area contributed by atoms with E-state index >= 15 is 0 Å². The van der Waals surface area contributed by atoms with Gasteiger partial charge in [-0.25, -0.2) is 9.67 Å². The normalized spacial score (nSPS) is 11.6. The minimum absolute atomic E-state index is 0.294. The van der Waals surface area contributed by atoms with E-state index < -0.39 is 0 Å². The first kappa shape index (κ1) is 11.9. The van der Waals surface area contributed by atoms with Crippen molar-refractivity contribution in [3.8, 4) is 11.5 Å². The van der Waals surface area contributed by atoms with Crippen molar-refractivity contribution in [1.29, 1.82) is 0 Å². The molecule has 0 N–H and O–H groups in total. The van der Waals surface area contributed by atoms with Crippen LogP contribution in [0.4, 0.5) is 0 Å². The number of rotatable bonds is 2. The van der Waals surface area contributed by atoms with Crippen LogP contribution < -0.4 is 0 Å². The Labute approximate surface area is 111 Å². The first-order valence-corrected chi connectivity index (χ1v) is 6.35. The molecule has 0 fully saturated rings. The number of nitrogens with zero attached hydrogens (tertiary/aromatic N) is 4. The first-order chi connectivity index (χ1) is 9.06. The molecule has 0 saturated heterocycles. The van der Waals surface area contributed by atoms with Crippen LogP contribution in [0.5, 0.6) is 0 Å². The van der Waals surface area contributed by atoms with E-state index in [9.17, 15) is 0 Å². The standard InChI is InChI=1S/C14H16N4O/c1-8(2)18-13-6-5-11(7-12(13)16-17-18)14-15-9(3)10(4)19-14/h5-8H,1-4H3. The molecule has 0 unspecified atom stereocenters. The van der Waals surface area contributed by atoms with Crippen molar-refractivity contribution < 1.29 is 4.42 Å². The van der Waals surface area contributed by atoms with Crippen molar-refractivity contribution in [1.82, 2.24) is 20.0 Å². The number of benzene rings is 1. The average molecular weight is 256 g/mol. The minimum Gasteiger partial charge on any atom is -0.441 e. The molecule has 0 aliphatic heterocycles. The van der Waals surface area contributed by atoms with Gasteiger partial charge in [-0.2, -0.15) is 0 Å². The van der Waals surface area contributed by atoms with Gasteiger partial charge >= 0.3 is 0 Å². The zero-order chi connectivity index (χ0) is 13.6. The summed E-state index contributed by atoms with van der Waals surface area (Å²) in [5.74, 6) is 1.48. The molecule has 0 aliphatic carbocycles. The highest BCUT2D eigenvalue weighted by Crippen LogP contribution is 2.25. The zero-order valence-corrected chi connectivity index (χ0v) is 11.5. The number of oxazole rings is 1. The van der Waals surface area contributed by atoms with Gasteiger partial charge in [0, 0.05) is 11.6 Å². The zero-order valence-electron chi connectivity index (χ0n) is 11.5. The monoisotopic (exact) mass is 256 g/mol. The summed E-state index contributed by atoms with van der Waals surface area (Å²) in [6, 6.07) is 6.27. The van der Waals surface area contributed by atoms with Gasteiger partial charge in [0.05, 0.1) is 11.2 Å². The molecule has 2 heterocycles. The second-order valence-corrected chi connectivity index (χ2v) is 4.99. The molecule has 0 saturated carbocycles. The van der Waals surface area contributed by atoms with E-state index in [-0.39, 0.29) is 0 Å². The maximum Gasteiger partial charge on any atom is 0.226 e. The van der Waals surface area contributed by atoms with Crippen molar-refractivity contribution >= 4 is 11.0 Å². The molecule has 0 bridgehead atoms. The van der Waals surface area contributed by atoms with Gasteiger partial charge in [0.2, 0.25) is 5.89 Å². The van der Waals surface area contributed by atoms with Crippen LogP contribution in [0.25, 0.3) is 22.5 Å². The molecule has 0 atom stereocenters. The van der Waals surface area contributed by atoms with Gasteiger partial charge in [0.25, 0.3) is 0 Å². The Hall–Kier alpha value is -2.17. The fourth-order valence-electron chi connectivity index (χ4n) is 2.05. The molecule has 5 heteroatoms. The van der Waals surface area contributed by atoms with Crippen molar-refractivity contribution in [2.45, 2.75) is 33.7 Å². The molecule has 0 amide bonds. The quantitative estimate of drug-likeness (QED) is 0.706. The Balaban J connectivity index is 2.12. The third-order valence-electron chi connectivity index (χ3n) is 3.24. The average Bonchev–Trinajstić information content (AvgIpc) is 2.93. The van der Waals surface area contributed by atoms with E-state index in [1.807, 2.05) is 36.7 Å². The van der Waals surface area contributed by atoms with Crippen LogP contribution in [0.2, 0.25) is 0 Å². The number of aromatic nitrogens is 4. The SMILES string of the molecule is Cc1nc(-c2ccc3c(c2)nnn3C(C)C)oc1C. The van der Waals surface area contributed by atoms with E-state index in [0.717, 1.165) is 28.1 Å². The Morgan fingerprint density at radius 2 is 2.00 bits per heavy atom. The van der Waals surface area contributed by atoms with Crippen molar-refractivity contribution in [3.05, 3.63) is 29.7 Å². The molecule has 2 aromatic heterocycles. The molecule has 3 aromatic rings. The summed E-state index contributed by atoms with van der Waals surface area (Å²) < 4.78 is 7.55. The van der Waals surface area contributed by atoms with Crippen LogP contribution >= 0.6 is 0 Å². The minimum atomic E-state index is 0.294. The van der Waals surface area contributed by atoms with Crippen LogP contribution in [-0.2, 0) is 0 Å². The third-order valence-corrected chi connectivity index (χ3v) is 3.24. The van der Waals surface area contributed by atoms with Crippen molar-refractivity contribution in [2.75, 3.05) is 0 Å². The summed E-state index contributed by atoms with van der Waals surface area (Å²) in [7, 11) is 0. The third kappa shape index (κ3) is 1.91. The second kappa shape index (κ2) is 4.19. The van der Waals surface area contributed by atoms with Crippen LogP contribution in [0.3, 0.4) is 0 Å². The maximum absolute atomic E-state index is 5.64. The maximum atomic E-state index is 5.64. The second-order valence-electron chi connectivity index (χ2n) is 4.99. The molecule has 1 aromatic carbocycles. The fourth-order valence-corrected chi connectivity index (χ4v) is 2.05. The van der Waals surface area contributed by atoms with Gasteiger partial charge in [0.15, 0.2) is 0 Å². The summed E-state index contributed by atoms with van der Waals surface area (Å²) in [4.78, 5) is 4.41. The highest BCUT2D eigenvalue weighted by Gasteiger charge is 2.12. The highest BCUT2D eigenvalue weighted by molar-refractivity contribution is 5.79. The lowest BCUT2D eigenvalue weighted by Crippen LogP contribution is -2.02. The predicted octanol–water partition coefficient (Wildman–Crippen LogP) is 3.28. The van der Waals surface area contributed by atoms with Crippen LogP contribution in [0, 0.1) is 13.8 Å². The number of fused-ring (bicyclic) bond motifs is 1. The fraction of sp³-hybridized carbons (Fsp3) is 0.357. The summed E-state index contributed by atoms with van der Waals surface area (Å²) in [6.07, 6.45) is 0. The number of hydrogen-bond acceptors (Lipinski definition) is 4. The summed E-state index contributed by atoms with van der Waals surface area (Å²) in [5, 5.41) is 8.37. The topological polar surface area (TPSA) is 56.7 Å². The van der Waals surface area contributed by atoms with Gasteiger partial charge in [0.1, 0.15) is 11.3 Å². The van der Waals surface area contributed by atoms with Gasteiger partial charge in [-0.1, -0.05) is 5.21 Å². The van der Waals surface area contributed by atoms with E-state index in [1.54, 1.807) is 0 Å². The molecule has 0 aliphatic rings. The smallest absolute Gasteiger partial charge is 0.226 e.